The number of benzene rings is 1. The van der Waals surface area contributed by atoms with Gasteiger partial charge in [0, 0.05) is 25.4 Å². The average Bonchev–Trinajstić information content (AvgIpc) is 2.90. The number of hydrogen-bond donors (Lipinski definition) is 1. The van der Waals surface area contributed by atoms with Crippen molar-refractivity contribution in [2.24, 2.45) is 10.8 Å². The maximum absolute atomic E-state index is 13.6. The molecule has 1 aromatic carbocycles. The largest absolute Gasteiger partial charge is 0.344 e. The molecule has 1 N–H and O–H groups in total. The highest BCUT2D eigenvalue weighted by molar-refractivity contribution is 5.88. The predicted octanol–water partition coefficient (Wildman–Crippen LogP) is 4.72. The number of amides is 2. The number of fused-ring (bicyclic) bond motifs is 2. The molecule has 4 heteroatoms. The second-order valence-corrected chi connectivity index (χ2v) is 10.4. The minimum atomic E-state index is -0.474. The van der Waals surface area contributed by atoms with Gasteiger partial charge >= 0.3 is 0 Å². The molecule has 3 unspecified atom stereocenters. The number of unbranched alkanes of at least 4 members (excludes halogenated alkanes) is 2. The summed E-state index contributed by atoms with van der Waals surface area (Å²) < 4.78 is 0. The van der Waals surface area contributed by atoms with Crippen LogP contribution in [0.25, 0.3) is 0 Å². The summed E-state index contributed by atoms with van der Waals surface area (Å²) in [7, 11) is 0. The van der Waals surface area contributed by atoms with Crippen LogP contribution in [0.3, 0.4) is 0 Å². The first-order valence-corrected chi connectivity index (χ1v) is 11.4. The van der Waals surface area contributed by atoms with Crippen molar-refractivity contribution in [1.82, 2.24) is 10.2 Å². The smallest absolute Gasteiger partial charge is 0.245 e. The van der Waals surface area contributed by atoms with Crippen LogP contribution < -0.4 is 5.32 Å². The fraction of sp³-hybridized carbons (Fsp3) is 0.680. The normalized spacial score (nSPS) is 26.2. The molecule has 3 rings (SSSR count). The Labute approximate surface area is 176 Å². The van der Waals surface area contributed by atoms with Crippen LogP contribution in [0.15, 0.2) is 30.3 Å². The Morgan fingerprint density at radius 2 is 1.86 bits per heavy atom. The number of nitrogens with zero attached hydrogens (tertiary/aromatic N) is 1. The van der Waals surface area contributed by atoms with Crippen LogP contribution in [0.5, 0.6) is 0 Å². The van der Waals surface area contributed by atoms with Crippen molar-refractivity contribution in [3.63, 3.8) is 0 Å². The number of nitrogens with one attached hydrogen (secondary N) is 1. The molecule has 0 aromatic heterocycles. The lowest BCUT2D eigenvalue weighted by molar-refractivity contribution is -0.137. The Kier molecular flexibility index (Phi) is 6.70. The molecule has 2 fully saturated rings. The first-order chi connectivity index (χ1) is 13.7. The van der Waals surface area contributed by atoms with Gasteiger partial charge < -0.3 is 10.2 Å². The van der Waals surface area contributed by atoms with Gasteiger partial charge in [0.2, 0.25) is 11.8 Å². The summed E-state index contributed by atoms with van der Waals surface area (Å²) in [5.74, 6) is 0.102. The zero-order valence-electron chi connectivity index (χ0n) is 18.7. The molecule has 1 heterocycles. The molecule has 1 saturated carbocycles. The number of hydrogen-bond acceptors (Lipinski definition) is 2. The van der Waals surface area contributed by atoms with Gasteiger partial charge in [0.25, 0.3) is 0 Å². The molecule has 2 aliphatic rings. The number of likely N-dealkylation sites (tertiary alicyclic amines) is 1. The van der Waals surface area contributed by atoms with Crippen molar-refractivity contribution >= 4 is 11.8 Å². The quantitative estimate of drug-likeness (QED) is 0.644. The van der Waals surface area contributed by atoms with Gasteiger partial charge in [-0.2, -0.15) is 0 Å². The predicted molar refractivity (Wildman–Crippen MR) is 117 cm³/mol. The van der Waals surface area contributed by atoms with Crippen molar-refractivity contribution in [3.8, 4) is 0 Å². The van der Waals surface area contributed by atoms with E-state index in [1.807, 2.05) is 30.3 Å². The molecule has 160 valence electrons. The van der Waals surface area contributed by atoms with Crippen molar-refractivity contribution in [1.29, 1.82) is 0 Å². The van der Waals surface area contributed by atoms with Gasteiger partial charge in [0.1, 0.15) is 6.04 Å². The molecule has 1 aliphatic heterocycles. The first kappa shape index (κ1) is 21.9. The van der Waals surface area contributed by atoms with E-state index in [9.17, 15) is 9.59 Å². The molecule has 4 nitrogen and oxygen atoms in total. The van der Waals surface area contributed by atoms with E-state index in [0.29, 0.717) is 18.9 Å². The van der Waals surface area contributed by atoms with Crippen LogP contribution in [-0.2, 0) is 16.0 Å². The highest BCUT2D eigenvalue weighted by Crippen LogP contribution is 2.52. The van der Waals surface area contributed by atoms with Crippen LogP contribution in [0.2, 0.25) is 0 Å². The second-order valence-electron chi connectivity index (χ2n) is 10.4. The van der Waals surface area contributed by atoms with Gasteiger partial charge in [0.05, 0.1) is 0 Å². The number of carbonyl (C=O) groups is 2. The lowest BCUT2D eigenvalue weighted by Crippen LogP contribution is -2.51. The SMILES string of the molecule is CCCCCC(=O)NC(Cc1ccccc1)C(=O)N1CC2(C)CC1CC(C)(C)C2. The second kappa shape index (κ2) is 8.89. The van der Waals surface area contributed by atoms with Gasteiger partial charge in [-0.15, -0.1) is 0 Å². The molecule has 1 saturated heterocycles. The first-order valence-electron chi connectivity index (χ1n) is 11.4. The van der Waals surface area contributed by atoms with Crippen LogP contribution in [0, 0.1) is 10.8 Å². The molecule has 2 bridgehead atoms. The number of carbonyl (C=O) groups excluding carboxylic acids is 2. The monoisotopic (exact) mass is 398 g/mol. The van der Waals surface area contributed by atoms with E-state index >= 15 is 0 Å². The van der Waals surface area contributed by atoms with Crippen LogP contribution in [0.4, 0.5) is 0 Å². The van der Waals surface area contributed by atoms with E-state index in [0.717, 1.165) is 50.6 Å². The Morgan fingerprint density at radius 1 is 1.14 bits per heavy atom. The average molecular weight is 399 g/mol. The summed E-state index contributed by atoms with van der Waals surface area (Å²) in [5, 5.41) is 3.08. The molecular weight excluding hydrogens is 360 g/mol. The van der Waals surface area contributed by atoms with Crippen LogP contribution >= 0.6 is 0 Å². The fourth-order valence-electron chi connectivity index (χ4n) is 5.77. The minimum absolute atomic E-state index is 0.00133. The van der Waals surface area contributed by atoms with Gasteiger partial charge in [0.15, 0.2) is 0 Å². The van der Waals surface area contributed by atoms with E-state index in [1.165, 1.54) is 0 Å². The fourth-order valence-corrected chi connectivity index (χ4v) is 5.77. The zero-order chi connectivity index (χ0) is 21.1. The maximum atomic E-state index is 13.6. The third-order valence-corrected chi connectivity index (χ3v) is 6.62. The van der Waals surface area contributed by atoms with Crippen molar-refractivity contribution < 1.29 is 9.59 Å². The molecule has 0 radical (unpaired) electrons. The minimum Gasteiger partial charge on any atom is -0.344 e. The summed E-state index contributed by atoms with van der Waals surface area (Å²) in [6.07, 6.45) is 7.38. The van der Waals surface area contributed by atoms with Gasteiger partial charge in [-0.25, -0.2) is 0 Å². The molecular formula is C25H38N2O2. The van der Waals surface area contributed by atoms with Crippen molar-refractivity contribution in [2.75, 3.05) is 6.54 Å². The van der Waals surface area contributed by atoms with E-state index < -0.39 is 6.04 Å². The van der Waals surface area contributed by atoms with Crippen molar-refractivity contribution in [2.45, 2.75) is 91.1 Å². The Morgan fingerprint density at radius 3 is 2.55 bits per heavy atom. The highest BCUT2D eigenvalue weighted by Gasteiger charge is 2.51. The topological polar surface area (TPSA) is 49.4 Å². The molecule has 29 heavy (non-hydrogen) atoms. The molecule has 0 spiro atoms. The van der Waals surface area contributed by atoms with E-state index in [2.05, 4.69) is 37.9 Å². The zero-order valence-corrected chi connectivity index (χ0v) is 18.7. The standard InChI is InChI=1S/C25H38N2O2/c1-5-6-8-13-22(28)26-21(14-19-11-9-7-10-12-19)23(29)27-18-25(4)16-20(27)15-24(2,3)17-25/h7,9-12,20-21H,5-6,8,13-18H2,1-4H3,(H,26,28). The van der Waals surface area contributed by atoms with Crippen LogP contribution in [0.1, 0.15) is 78.2 Å². The molecule has 3 atom stereocenters. The summed E-state index contributed by atoms with van der Waals surface area (Å²) in [4.78, 5) is 28.3. The van der Waals surface area contributed by atoms with Gasteiger partial charge in [-0.3, -0.25) is 9.59 Å². The van der Waals surface area contributed by atoms with Crippen LogP contribution in [-0.4, -0.2) is 35.3 Å². The van der Waals surface area contributed by atoms with Gasteiger partial charge in [-0.1, -0.05) is 70.9 Å². The third-order valence-electron chi connectivity index (χ3n) is 6.62. The molecule has 1 aliphatic carbocycles. The van der Waals surface area contributed by atoms with E-state index in [-0.39, 0.29) is 22.6 Å². The third kappa shape index (κ3) is 5.61. The van der Waals surface area contributed by atoms with E-state index in [1.54, 1.807) is 0 Å². The number of rotatable bonds is 8. The van der Waals surface area contributed by atoms with Gasteiger partial charge in [-0.05, 0) is 42.1 Å². The summed E-state index contributed by atoms with van der Waals surface area (Å²) in [5.41, 5.74) is 1.56. The Bertz CT molecular complexity index is 715. The highest BCUT2D eigenvalue weighted by atomic mass is 16.2. The summed E-state index contributed by atoms with van der Waals surface area (Å²) in [6, 6.07) is 9.87. The van der Waals surface area contributed by atoms with Crippen molar-refractivity contribution in [3.05, 3.63) is 35.9 Å². The summed E-state index contributed by atoms with van der Waals surface area (Å²) in [6.45, 7) is 9.92. The van der Waals surface area contributed by atoms with E-state index in [4.69, 9.17) is 0 Å². The lowest BCUT2D eigenvalue weighted by atomic mass is 9.65. The lowest BCUT2D eigenvalue weighted by Gasteiger charge is -2.39. The Hall–Kier alpha value is -1.84. The maximum Gasteiger partial charge on any atom is 0.245 e. The molecule has 2 amide bonds. The summed E-state index contributed by atoms with van der Waals surface area (Å²) >= 11 is 0. The molecule has 1 aromatic rings. The Balaban J connectivity index is 1.74.